The van der Waals surface area contributed by atoms with E-state index >= 15 is 0 Å². The zero-order valence-corrected chi connectivity index (χ0v) is 16.3. The Morgan fingerprint density at radius 1 is 1.30 bits per heavy atom. The Kier molecular flexibility index (Phi) is 5.60. The Labute approximate surface area is 169 Å². The fraction of sp³-hybridized carbons (Fsp3) is 0.294. The summed E-state index contributed by atoms with van der Waals surface area (Å²) in [6, 6.07) is 8.61. The predicted molar refractivity (Wildman–Crippen MR) is 101 cm³/mol. The van der Waals surface area contributed by atoms with Gasteiger partial charge in [0.2, 0.25) is 5.95 Å². The molecular formula is C17H18N5O7P. The van der Waals surface area contributed by atoms with Crippen LogP contribution in [0.4, 0.5) is 5.95 Å². The normalized spacial score (nSPS) is 21.8. The second-order valence-corrected chi connectivity index (χ2v) is 7.84. The Balaban J connectivity index is 1.54. The molecule has 0 radical (unpaired) electrons. The maximum Gasteiger partial charge on any atom is 0.469 e. The van der Waals surface area contributed by atoms with Gasteiger partial charge in [-0.25, -0.2) is 14.5 Å². The van der Waals surface area contributed by atoms with E-state index in [4.69, 9.17) is 14.5 Å². The molecule has 13 heteroatoms. The van der Waals surface area contributed by atoms with E-state index in [1.54, 1.807) is 30.3 Å². The first-order valence-corrected chi connectivity index (χ1v) is 10.4. The Morgan fingerprint density at radius 2 is 2.07 bits per heavy atom. The molecule has 4 N–H and O–H groups in total. The molecule has 1 fully saturated rings. The lowest BCUT2D eigenvalue weighted by Gasteiger charge is -2.15. The lowest BCUT2D eigenvalue weighted by molar-refractivity contribution is -0.0218. The van der Waals surface area contributed by atoms with Crippen molar-refractivity contribution in [3.8, 4) is 0 Å². The molecular weight excluding hydrogens is 417 g/mol. The van der Waals surface area contributed by atoms with E-state index in [-0.39, 0.29) is 18.3 Å². The molecule has 3 unspecified atom stereocenters. The molecule has 2 aromatic heterocycles. The Bertz CT molecular complexity index is 1100. The largest absolute Gasteiger partial charge is 0.469 e. The van der Waals surface area contributed by atoms with Crippen LogP contribution >= 0.6 is 7.82 Å². The number of anilines is 1. The number of ether oxygens (including phenoxy) is 1. The maximum absolute atomic E-state index is 12.4. The van der Waals surface area contributed by atoms with Gasteiger partial charge in [-0.15, -0.1) is 0 Å². The van der Waals surface area contributed by atoms with Crippen molar-refractivity contribution in [2.45, 2.75) is 24.7 Å². The second-order valence-electron chi connectivity index (χ2n) is 6.61. The third-order valence-electron chi connectivity index (χ3n) is 4.57. The summed E-state index contributed by atoms with van der Waals surface area (Å²) in [7, 11) is -4.68. The highest BCUT2D eigenvalue weighted by molar-refractivity contribution is 7.46. The third-order valence-corrected chi connectivity index (χ3v) is 5.06. The number of hydrogen-bond acceptors (Lipinski definition) is 8. The number of fused-ring (bicyclic) bond motifs is 1. The van der Waals surface area contributed by atoms with Crippen molar-refractivity contribution in [3.05, 3.63) is 54.0 Å². The molecule has 3 atom stereocenters. The number of hydrogen-bond donors (Lipinski definition) is 4. The number of benzene rings is 1. The number of carbonyl (C=O) groups excluding carboxylic acids is 1. The molecule has 3 heterocycles. The number of phosphoric acid groups is 1. The molecule has 1 aliphatic rings. The molecule has 0 aliphatic carbocycles. The van der Waals surface area contributed by atoms with Crippen molar-refractivity contribution < 1.29 is 33.5 Å². The molecule has 1 amide bonds. The molecule has 12 nitrogen and oxygen atoms in total. The smallest absolute Gasteiger partial charge is 0.390 e. The van der Waals surface area contributed by atoms with Crippen LogP contribution in [0.3, 0.4) is 0 Å². The number of amides is 1. The van der Waals surface area contributed by atoms with Crippen LogP contribution in [0, 0.1) is 0 Å². The molecule has 0 bridgehead atoms. The Morgan fingerprint density at radius 3 is 2.80 bits per heavy atom. The van der Waals surface area contributed by atoms with Gasteiger partial charge in [0.25, 0.3) is 5.91 Å². The second kappa shape index (κ2) is 8.19. The number of nitrogens with one attached hydrogen (secondary N) is 1. The van der Waals surface area contributed by atoms with Crippen LogP contribution in [0.25, 0.3) is 5.65 Å². The first kappa shape index (κ1) is 20.5. The summed E-state index contributed by atoms with van der Waals surface area (Å²) >= 11 is 0. The van der Waals surface area contributed by atoms with Gasteiger partial charge in [-0.05, 0) is 12.1 Å². The quantitative estimate of drug-likeness (QED) is 0.404. The van der Waals surface area contributed by atoms with Gasteiger partial charge in [-0.2, -0.15) is 9.61 Å². The standard InChI is InChI=1S/C17H18N5O7P/c23-12-6-13(29-14(12)8-28-30(25,26)27)11-7-20-22-15(11)18-9-19-17(22)21-16(24)10-4-2-1-3-5-10/h1-5,7,9,12-14,23H,6,8H2,(H2,25,26,27)(H,18,19,21,24). The summed E-state index contributed by atoms with van der Waals surface area (Å²) in [6.07, 6.45) is 0.363. The molecule has 30 heavy (non-hydrogen) atoms. The van der Waals surface area contributed by atoms with E-state index < -0.39 is 32.7 Å². The van der Waals surface area contributed by atoms with Gasteiger partial charge in [0.15, 0.2) is 5.65 Å². The lowest BCUT2D eigenvalue weighted by atomic mass is 10.1. The summed E-state index contributed by atoms with van der Waals surface area (Å²) in [4.78, 5) is 38.3. The summed E-state index contributed by atoms with van der Waals surface area (Å²) in [5, 5.41) is 17.0. The van der Waals surface area contributed by atoms with Crippen molar-refractivity contribution in [2.75, 3.05) is 11.9 Å². The van der Waals surface area contributed by atoms with Gasteiger partial charge in [0.1, 0.15) is 12.4 Å². The minimum atomic E-state index is -4.68. The lowest BCUT2D eigenvalue weighted by Crippen LogP contribution is -2.25. The van der Waals surface area contributed by atoms with E-state index in [1.165, 1.54) is 17.0 Å². The van der Waals surface area contributed by atoms with Crippen LogP contribution in [0.2, 0.25) is 0 Å². The van der Waals surface area contributed by atoms with Crippen molar-refractivity contribution in [1.29, 1.82) is 0 Å². The van der Waals surface area contributed by atoms with Gasteiger partial charge in [-0.1, -0.05) is 18.2 Å². The average molecular weight is 435 g/mol. The maximum atomic E-state index is 12.4. The highest BCUT2D eigenvalue weighted by atomic mass is 31.2. The van der Waals surface area contributed by atoms with E-state index in [2.05, 4.69) is 24.9 Å². The molecule has 3 aromatic rings. The highest BCUT2D eigenvalue weighted by Crippen LogP contribution is 2.39. The SMILES string of the molecule is O=C(Nc1ncnc2c(C3CC(O)C(COP(=O)(O)O)O3)cnn12)c1ccccc1. The van der Waals surface area contributed by atoms with Crippen molar-refractivity contribution in [3.63, 3.8) is 0 Å². The predicted octanol–water partition coefficient (Wildman–Crippen LogP) is 0.677. The topological polar surface area (TPSA) is 168 Å². The first-order chi connectivity index (χ1) is 14.3. The van der Waals surface area contributed by atoms with Gasteiger partial charge in [0.05, 0.1) is 25.0 Å². The van der Waals surface area contributed by atoms with E-state index in [9.17, 15) is 14.5 Å². The van der Waals surface area contributed by atoms with Crippen LogP contribution in [-0.4, -0.2) is 59.2 Å². The van der Waals surface area contributed by atoms with Crippen molar-refractivity contribution >= 4 is 25.3 Å². The van der Waals surface area contributed by atoms with Gasteiger partial charge < -0.3 is 19.6 Å². The van der Waals surface area contributed by atoms with Gasteiger partial charge in [0, 0.05) is 17.5 Å². The molecule has 1 aromatic carbocycles. The number of carbonyl (C=O) groups is 1. The highest BCUT2D eigenvalue weighted by Gasteiger charge is 2.38. The van der Waals surface area contributed by atoms with Crippen LogP contribution in [-0.2, 0) is 13.8 Å². The number of nitrogens with zero attached hydrogens (tertiary/aromatic N) is 4. The minimum Gasteiger partial charge on any atom is -0.390 e. The zero-order chi connectivity index (χ0) is 21.3. The Hall–Kier alpha value is -2.73. The van der Waals surface area contributed by atoms with Crippen LogP contribution < -0.4 is 5.32 Å². The summed E-state index contributed by atoms with van der Waals surface area (Å²) in [6.45, 7) is -0.464. The minimum absolute atomic E-state index is 0.153. The first-order valence-electron chi connectivity index (χ1n) is 8.90. The monoisotopic (exact) mass is 435 g/mol. The van der Waals surface area contributed by atoms with Crippen LogP contribution in [0.5, 0.6) is 0 Å². The third kappa shape index (κ3) is 4.38. The van der Waals surface area contributed by atoms with E-state index in [0.29, 0.717) is 16.8 Å². The number of aliphatic hydroxyl groups excluding tert-OH is 1. The average Bonchev–Trinajstić information content (AvgIpc) is 3.30. The molecule has 4 rings (SSSR count). The van der Waals surface area contributed by atoms with E-state index in [0.717, 1.165) is 0 Å². The van der Waals surface area contributed by atoms with Gasteiger partial charge in [-0.3, -0.25) is 14.6 Å². The zero-order valence-electron chi connectivity index (χ0n) is 15.4. The fourth-order valence-electron chi connectivity index (χ4n) is 3.16. The van der Waals surface area contributed by atoms with Crippen molar-refractivity contribution in [1.82, 2.24) is 19.6 Å². The summed E-state index contributed by atoms with van der Waals surface area (Å²) in [5.74, 6) is -0.213. The van der Waals surface area contributed by atoms with E-state index in [1.807, 2.05) is 0 Å². The molecule has 1 aliphatic heterocycles. The number of aromatic nitrogens is 4. The number of aliphatic hydroxyl groups is 1. The molecule has 1 saturated heterocycles. The fourth-order valence-corrected chi connectivity index (χ4v) is 3.50. The summed E-state index contributed by atoms with van der Waals surface area (Å²) in [5.41, 5.74) is 1.35. The van der Waals surface area contributed by atoms with Crippen LogP contribution in [0.1, 0.15) is 28.4 Å². The number of rotatable bonds is 6. The van der Waals surface area contributed by atoms with Crippen molar-refractivity contribution in [2.24, 2.45) is 0 Å². The van der Waals surface area contributed by atoms with Crippen LogP contribution in [0.15, 0.2) is 42.9 Å². The number of phosphoric ester groups is 1. The molecule has 158 valence electrons. The molecule has 0 saturated carbocycles. The summed E-state index contributed by atoms with van der Waals surface area (Å²) < 4.78 is 22.3. The molecule has 0 spiro atoms. The van der Waals surface area contributed by atoms with Gasteiger partial charge >= 0.3 is 7.82 Å².